The number of nitrogens with zero attached hydrogens (tertiary/aromatic N) is 1. The summed E-state index contributed by atoms with van der Waals surface area (Å²) in [4.78, 5) is 35.4. The summed E-state index contributed by atoms with van der Waals surface area (Å²) >= 11 is 0. The number of rotatable bonds is 3. The minimum atomic E-state index is -0.685. The molecule has 1 rings (SSSR count). The number of ether oxygens (including phenoxy) is 1. The molecule has 6 heteroatoms. The van der Waals surface area contributed by atoms with Crippen molar-refractivity contribution in [1.29, 1.82) is 0 Å². The number of esters is 1. The van der Waals surface area contributed by atoms with Crippen molar-refractivity contribution in [3.05, 3.63) is 0 Å². The van der Waals surface area contributed by atoms with Gasteiger partial charge in [-0.1, -0.05) is 0 Å². The zero-order valence-corrected chi connectivity index (χ0v) is 10.4. The van der Waals surface area contributed by atoms with Crippen LogP contribution in [0.3, 0.4) is 0 Å². The van der Waals surface area contributed by atoms with Crippen molar-refractivity contribution >= 4 is 17.8 Å². The molecule has 96 valence electrons. The van der Waals surface area contributed by atoms with Gasteiger partial charge in [0.25, 0.3) is 0 Å². The molecule has 0 saturated carbocycles. The van der Waals surface area contributed by atoms with Crippen molar-refractivity contribution in [2.24, 2.45) is 5.73 Å². The standard InChI is InChI=1S/C11H18N2O4/c1-11(2,3)17-9(15)6-13-7(10(12)16)4-5-8(13)14/h7H,4-6H2,1-3H3,(H2,12,16)/t7-/m0/s1. The summed E-state index contributed by atoms with van der Waals surface area (Å²) in [6, 6.07) is -0.685. The van der Waals surface area contributed by atoms with Crippen LogP contribution in [-0.2, 0) is 19.1 Å². The second-order valence-electron chi connectivity index (χ2n) is 5.06. The van der Waals surface area contributed by atoms with Gasteiger partial charge < -0.3 is 15.4 Å². The molecule has 2 amide bonds. The Morgan fingerprint density at radius 2 is 2.06 bits per heavy atom. The first-order valence-corrected chi connectivity index (χ1v) is 5.51. The molecule has 0 spiro atoms. The zero-order chi connectivity index (χ0) is 13.2. The van der Waals surface area contributed by atoms with Gasteiger partial charge in [-0.25, -0.2) is 0 Å². The number of likely N-dealkylation sites (tertiary alicyclic amines) is 1. The number of nitrogens with two attached hydrogens (primary N) is 1. The van der Waals surface area contributed by atoms with Gasteiger partial charge >= 0.3 is 5.97 Å². The highest BCUT2D eigenvalue weighted by atomic mass is 16.6. The average Bonchev–Trinajstić information content (AvgIpc) is 2.44. The van der Waals surface area contributed by atoms with Crippen molar-refractivity contribution in [2.45, 2.75) is 45.3 Å². The van der Waals surface area contributed by atoms with Crippen LogP contribution >= 0.6 is 0 Å². The lowest BCUT2D eigenvalue weighted by Gasteiger charge is -2.24. The highest BCUT2D eigenvalue weighted by Crippen LogP contribution is 2.18. The number of carbonyl (C=O) groups is 3. The molecule has 6 nitrogen and oxygen atoms in total. The van der Waals surface area contributed by atoms with Crippen molar-refractivity contribution in [2.75, 3.05) is 6.54 Å². The first-order valence-electron chi connectivity index (χ1n) is 5.51. The van der Waals surface area contributed by atoms with E-state index in [0.29, 0.717) is 6.42 Å². The van der Waals surface area contributed by atoms with E-state index in [1.165, 1.54) is 4.90 Å². The largest absolute Gasteiger partial charge is 0.459 e. The van der Waals surface area contributed by atoms with Crippen LogP contribution in [0.5, 0.6) is 0 Å². The van der Waals surface area contributed by atoms with E-state index < -0.39 is 23.5 Å². The Hall–Kier alpha value is -1.59. The Balaban J connectivity index is 2.63. The summed E-state index contributed by atoms with van der Waals surface area (Å²) < 4.78 is 5.09. The third-order valence-corrected chi connectivity index (χ3v) is 2.38. The molecule has 1 atom stereocenters. The molecule has 1 fully saturated rings. The fraction of sp³-hybridized carbons (Fsp3) is 0.727. The van der Waals surface area contributed by atoms with Gasteiger partial charge in [0.1, 0.15) is 18.2 Å². The highest BCUT2D eigenvalue weighted by molar-refractivity contribution is 5.92. The maximum Gasteiger partial charge on any atom is 0.326 e. The van der Waals surface area contributed by atoms with E-state index in [1.54, 1.807) is 20.8 Å². The summed E-state index contributed by atoms with van der Waals surface area (Å²) in [5.74, 6) is -1.35. The predicted molar refractivity (Wildman–Crippen MR) is 59.8 cm³/mol. The van der Waals surface area contributed by atoms with Crippen LogP contribution in [0, 0.1) is 0 Å². The summed E-state index contributed by atoms with van der Waals surface area (Å²) in [6.45, 7) is 5.00. The Morgan fingerprint density at radius 3 is 2.53 bits per heavy atom. The maximum atomic E-state index is 11.6. The van der Waals surface area contributed by atoms with E-state index in [0.717, 1.165) is 0 Å². The number of amides is 2. The molecule has 0 aromatic heterocycles. The van der Waals surface area contributed by atoms with Gasteiger partial charge in [-0.3, -0.25) is 14.4 Å². The molecule has 0 aliphatic carbocycles. The number of carbonyl (C=O) groups excluding carboxylic acids is 3. The second kappa shape index (κ2) is 4.73. The van der Waals surface area contributed by atoms with Gasteiger partial charge in [-0.2, -0.15) is 0 Å². The molecule has 1 heterocycles. The lowest BCUT2D eigenvalue weighted by Crippen LogP contribution is -2.45. The molecule has 1 aliphatic rings. The van der Waals surface area contributed by atoms with E-state index in [-0.39, 0.29) is 18.9 Å². The molecule has 1 saturated heterocycles. The molecule has 0 aromatic rings. The van der Waals surface area contributed by atoms with Gasteiger partial charge in [-0.15, -0.1) is 0 Å². The molecule has 2 N–H and O–H groups in total. The Bertz CT molecular complexity index is 346. The van der Waals surface area contributed by atoms with E-state index in [9.17, 15) is 14.4 Å². The van der Waals surface area contributed by atoms with E-state index in [2.05, 4.69) is 0 Å². The summed E-state index contributed by atoms with van der Waals surface area (Å²) in [5.41, 5.74) is 4.56. The smallest absolute Gasteiger partial charge is 0.326 e. The minimum Gasteiger partial charge on any atom is -0.459 e. The van der Waals surface area contributed by atoms with Crippen LogP contribution in [0.25, 0.3) is 0 Å². The predicted octanol–water partition coefficient (Wildman–Crippen LogP) is -0.196. The zero-order valence-electron chi connectivity index (χ0n) is 10.4. The Kier molecular flexibility index (Phi) is 3.75. The molecular weight excluding hydrogens is 224 g/mol. The van der Waals surface area contributed by atoms with Crippen LogP contribution in [0.15, 0.2) is 0 Å². The van der Waals surface area contributed by atoms with Crippen LogP contribution in [-0.4, -0.2) is 40.9 Å². The molecule has 0 aromatic carbocycles. The summed E-state index contributed by atoms with van der Waals surface area (Å²) in [5, 5.41) is 0. The van der Waals surface area contributed by atoms with Crippen LogP contribution in [0.2, 0.25) is 0 Å². The van der Waals surface area contributed by atoms with E-state index >= 15 is 0 Å². The molecular formula is C11H18N2O4. The Morgan fingerprint density at radius 1 is 1.47 bits per heavy atom. The fourth-order valence-corrected chi connectivity index (χ4v) is 1.74. The lowest BCUT2D eigenvalue weighted by atomic mass is 10.2. The molecule has 0 bridgehead atoms. The average molecular weight is 242 g/mol. The number of hydrogen-bond donors (Lipinski definition) is 1. The van der Waals surface area contributed by atoms with Crippen molar-refractivity contribution < 1.29 is 19.1 Å². The quantitative estimate of drug-likeness (QED) is 0.694. The number of hydrogen-bond acceptors (Lipinski definition) is 4. The van der Waals surface area contributed by atoms with Gasteiger partial charge in [0.05, 0.1) is 0 Å². The maximum absolute atomic E-state index is 11.6. The van der Waals surface area contributed by atoms with Gasteiger partial charge in [0.2, 0.25) is 11.8 Å². The van der Waals surface area contributed by atoms with Gasteiger partial charge in [0.15, 0.2) is 0 Å². The third kappa shape index (κ3) is 3.72. The van der Waals surface area contributed by atoms with Crippen molar-refractivity contribution in [3.63, 3.8) is 0 Å². The first-order chi connectivity index (χ1) is 7.70. The highest BCUT2D eigenvalue weighted by Gasteiger charge is 2.36. The van der Waals surface area contributed by atoms with Crippen molar-refractivity contribution in [3.8, 4) is 0 Å². The first kappa shape index (κ1) is 13.5. The summed E-state index contributed by atoms with van der Waals surface area (Å²) in [6.07, 6.45) is 0.618. The van der Waals surface area contributed by atoms with Crippen LogP contribution < -0.4 is 5.73 Å². The molecule has 0 radical (unpaired) electrons. The SMILES string of the molecule is CC(C)(C)OC(=O)CN1C(=O)CC[C@H]1C(N)=O. The monoisotopic (exact) mass is 242 g/mol. The number of primary amides is 1. The second-order valence-corrected chi connectivity index (χ2v) is 5.06. The van der Waals surface area contributed by atoms with E-state index in [4.69, 9.17) is 10.5 Å². The van der Waals surface area contributed by atoms with Crippen molar-refractivity contribution in [1.82, 2.24) is 4.90 Å². The molecule has 0 unspecified atom stereocenters. The van der Waals surface area contributed by atoms with E-state index in [1.807, 2.05) is 0 Å². The van der Waals surface area contributed by atoms with Crippen LogP contribution in [0.4, 0.5) is 0 Å². The van der Waals surface area contributed by atoms with Gasteiger partial charge in [0, 0.05) is 6.42 Å². The van der Waals surface area contributed by atoms with Gasteiger partial charge in [-0.05, 0) is 27.2 Å². The Labute approximate surface area is 100 Å². The topological polar surface area (TPSA) is 89.7 Å². The normalized spacial score (nSPS) is 20.5. The lowest BCUT2D eigenvalue weighted by molar-refractivity contribution is -0.159. The summed E-state index contributed by atoms with van der Waals surface area (Å²) in [7, 11) is 0. The minimum absolute atomic E-state index is 0.219. The molecule has 1 aliphatic heterocycles. The molecule has 17 heavy (non-hydrogen) atoms. The third-order valence-electron chi connectivity index (χ3n) is 2.38. The fourth-order valence-electron chi connectivity index (χ4n) is 1.74. The van der Waals surface area contributed by atoms with Crippen LogP contribution in [0.1, 0.15) is 33.6 Å².